The van der Waals surface area contributed by atoms with Crippen LogP contribution in [0.25, 0.3) is 21.7 Å². The Bertz CT molecular complexity index is 1160. The van der Waals surface area contributed by atoms with Crippen LogP contribution in [0.3, 0.4) is 0 Å². The van der Waals surface area contributed by atoms with Crippen molar-refractivity contribution in [3.8, 4) is 0 Å². The maximum absolute atomic E-state index is 5.77. The number of hydrogen-bond donors (Lipinski definition) is 1. The number of anilines is 1. The summed E-state index contributed by atoms with van der Waals surface area (Å²) in [6.07, 6.45) is 6.63. The predicted molar refractivity (Wildman–Crippen MR) is 119 cm³/mol. The van der Waals surface area contributed by atoms with Gasteiger partial charge in [-0.3, -0.25) is 9.97 Å². The maximum atomic E-state index is 5.77. The minimum Gasteiger partial charge on any atom is -0.348 e. The van der Waals surface area contributed by atoms with E-state index in [-0.39, 0.29) is 0 Å². The molecule has 4 aromatic rings. The molecule has 4 nitrogen and oxygen atoms in total. The number of nitrogens with zero attached hydrogens (tertiary/aromatic N) is 3. The van der Waals surface area contributed by atoms with Gasteiger partial charge in [0.05, 0.1) is 11.2 Å². The molecule has 3 heterocycles. The van der Waals surface area contributed by atoms with Gasteiger partial charge in [0.1, 0.15) is 0 Å². The number of thiocarbonyl (C=S) groups is 1. The number of likely N-dealkylation sites (tertiary alicyclic amines) is 1. The van der Waals surface area contributed by atoms with Gasteiger partial charge in [0.15, 0.2) is 5.11 Å². The van der Waals surface area contributed by atoms with Gasteiger partial charge in [-0.2, -0.15) is 0 Å². The van der Waals surface area contributed by atoms with E-state index in [1.54, 1.807) is 0 Å². The third-order valence-corrected chi connectivity index (χ3v) is 5.86. The van der Waals surface area contributed by atoms with Crippen LogP contribution in [0.1, 0.15) is 17.9 Å². The van der Waals surface area contributed by atoms with Crippen LogP contribution in [-0.2, 0) is 0 Å². The molecule has 1 aliphatic rings. The summed E-state index contributed by atoms with van der Waals surface area (Å²) < 4.78 is 0. The highest BCUT2D eigenvalue weighted by molar-refractivity contribution is 7.80. The van der Waals surface area contributed by atoms with Gasteiger partial charge in [-0.15, -0.1) is 0 Å². The molecule has 1 N–H and O–H groups in total. The molecule has 1 fully saturated rings. The van der Waals surface area contributed by atoms with Crippen LogP contribution in [0.2, 0.25) is 0 Å². The van der Waals surface area contributed by atoms with Crippen molar-refractivity contribution >= 4 is 44.7 Å². The Labute approximate surface area is 169 Å². The molecule has 0 bridgehead atoms. The van der Waals surface area contributed by atoms with E-state index in [9.17, 15) is 0 Å². The van der Waals surface area contributed by atoms with E-state index < -0.39 is 0 Å². The minimum atomic E-state index is 0.530. The Morgan fingerprint density at radius 3 is 2.82 bits per heavy atom. The first kappa shape index (κ1) is 17.1. The van der Waals surface area contributed by atoms with E-state index in [4.69, 9.17) is 12.2 Å². The number of aromatic nitrogens is 2. The fourth-order valence-corrected chi connectivity index (χ4v) is 4.31. The SMILES string of the molecule is S=C(Nc1cc2ccncc2c2ncccc12)N1CC[C@@H](c2ccccc2)C1. The standard InChI is InChI=1S/C23H20N4S/c28-23(27-12-9-18(15-27)16-5-2-1-3-6-16)26-21-13-17-8-11-24-14-20(17)22-19(21)7-4-10-25-22/h1-8,10-11,13-14,18H,9,12,15H2,(H,26,28)/t18-/m1/s1. The van der Waals surface area contributed by atoms with Crippen LogP contribution in [-0.4, -0.2) is 33.1 Å². The molecular weight excluding hydrogens is 364 g/mol. The Kier molecular flexibility index (Phi) is 4.37. The lowest BCUT2D eigenvalue weighted by molar-refractivity contribution is 0.519. The third kappa shape index (κ3) is 3.08. The topological polar surface area (TPSA) is 41.1 Å². The second-order valence-electron chi connectivity index (χ2n) is 7.19. The molecule has 1 atom stereocenters. The molecule has 2 aromatic heterocycles. The molecule has 138 valence electrons. The summed E-state index contributed by atoms with van der Waals surface area (Å²) in [6, 6.07) is 18.9. The first-order valence-electron chi connectivity index (χ1n) is 9.52. The van der Waals surface area contributed by atoms with Gasteiger partial charge >= 0.3 is 0 Å². The molecule has 0 spiro atoms. The van der Waals surface area contributed by atoms with Crippen molar-refractivity contribution in [2.24, 2.45) is 0 Å². The van der Waals surface area contributed by atoms with Crippen molar-refractivity contribution in [2.45, 2.75) is 12.3 Å². The lowest BCUT2D eigenvalue weighted by Gasteiger charge is -2.22. The van der Waals surface area contributed by atoms with Crippen molar-refractivity contribution in [1.29, 1.82) is 0 Å². The van der Waals surface area contributed by atoms with Crippen molar-refractivity contribution in [3.63, 3.8) is 0 Å². The highest BCUT2D eigenvalue weighted by Crippen LogP contribution is 2.31. The van der Waals surface area contributed by atoms with Crippen LogP contribution in [0.5, 0.6) is 0 Å². The number of hydrogen-bond acceptors (Lipinski definition) is 3. The molecule has 2 aromatic carbocycles. The lowest BCUT2D eigenvalue weighted by atomic mass is 9.99. The molecular formula is C23H20N4S. The molecule has 0 saturated carbocycles. The number of benzene rings is 2. The summed E-state index contributed by atoms with van der Waals surface area (Å²) in [5.74, 6) is 0.530. The molecule has 1 aliphatic heterocycles. The maximum Gasteiger partial charge on any atom is 0.173 e. The highest BCUT2D eigenvalue weighted by atomic mass is 32.1. The fraction of sp³-hybridized carbons (Fsp3) is 0.174. The molecule has 1 saturated heterocycles. The number of fused-ring (bicyclic) bond motifs is 3. The molecule has 5 heteroatoms. The molecule has 0 amide bonds. The van der Waals surface area contributed by atoms with Gasteiger partial charge in [0.2, 0.25) is 0 Å². The summed E-state index contributed by atoms with van der Waals surface area (Å²) in [4.78, 5) is 11.1. The number of pyridine rings is 2. The quantitative estimate of drug-likeness (QED) is 0.390. The van der Waals surface area contributed by atoms with Crippen molar-refractivity contribution in [3.05, 3.63) is 78.8 Å². The van der Waals surface area contributed by atoms with Gasteiger partial charge in [0, 0.05) is 48.4 Å². The Balaban J connectivity index is 1.43. The average molecular weight is 385 g/mol. The average Bonchev–Trinajstić information content (AvgIpc) is 3.25. The Morgan fingerprint density at radius 2 is 1.93 bits per heavy atom. The van der Waals surface area contributed by atoms with Crippen LogP contribution >= 0.6 is 12.2 Å². The summed E-state index contributed by atoms with van der Waals surface area (Å²) in [6.45, 7) is 1.92. The monoisotopic (exact) mass is 384 g/mol. The smallest absolute Gasteiger partial charge is 0.173 e. The normalized spacial score (nSPS) is 16.6. The second kappa shape index (κ2) is 7.17. The third-order valence-electron chi connectivity index (χ3n) is 5.50. The second-order valence-corrected chi connectivity index (χ2v) is 7.58. The zero-order valence-electron chi connectivity index (χ0n) is 15.4. The van der Waals surface area contributed by atoms with Crippen LogP contribution < -0.4 is 5.32 Å². The zero-order valence-corrected chi connectivity index (χ0v) is 16.2. The summed E-state index contributed by atoms with van der Waals surface area (Å²) in [5, 5.41) is 7.48. The summed E-state index contributed by atoms with van der Waals surface area (Å²) in [5.41, 5.74) is 3.33. The number of rotatable bonds is 2. The molecule has 0 unspecified atom stereocenters. The van der Waals surface area contributed by atoms with E-state index in [1.165, 1.54) is 5.56 Å². The zero-order chi connectivity index (χ0) is 18.9. The van der Waals surface area contributed by atoms with Crippen LogP contribution in [0.4, 0.5) is 5.69 Å². The van der Waals surface area contributed by atoms with Gasteiger partial charge in [-0.05, 0) is 53.9 Å². The minimum absolute atomic E-state index is 0.530. The van der Waals surface area contributed by atoms with Crippen LogP contribution in [0.15, 0.2) is 73.2 Å². The highest BCUT2D eigenvalue weighted by Gasteiger charge is 2.25. The van der Waals surface area contributed by atoms with Crippen molar-refractivity contribution in [2.75, 3.05) is 18.4 Å². The van der Waals surface area contributed by atoms with E-state index >= 15 is 0 Å². The number of nitrogens with one attached hydrogen (secondary N) is 1. The first-order chi connectivity index (χ1) is 13.8. The lowest BCUT2D eigenvalue weighted by Crippen LogP contribution is -2.32. The van der Waals surface area contributed by atoms with E-state index in [2.05, 4.69) is 62.6 Å². The summed E-state index contributed by atoms with van der Waals surface area (Å²) >= 11 is 5.77. The predicted octanol–water partition coefficient (Wildman–Crippen LogP) is 4.97. The van der Waals surface area contributed by atoms with E-state index in [0.29, 0.717) is 5.92 Å². The Morgan fingerprint density at radius 1 is 1.04 bits per heavy atom. The first-order valence-corrected chi connectivity index (χ1v) is 9.93. The van der Waals surface area contributed by atoms with Gasteiger partial charge in [0.25, 0.3) is 0 Å². The van der Waals surface area contributed by atoms with Crippen molar-refractivity contribution in [1.82, 2.24) is 14.9 Å². The Hall–Kier alpha value is -3.05. The van der Waals surface area contributed by atoms with E-state index in [1.807, 2.05) is 30.7 Å². The largest absolute Gasteiger partial charge is 0.348 e. The molecule has 28 heavy (non-hydrogen) atoms. The van der Waals surface area contributed by atoms with Gasteiger partial charge < -0.3 is 10.2 Å². The van der Waals surface area contributed by atoms with Gasteiger partial charge in [-0.25, -0.2) is 0 Å². The molecule has 5 rings (SSSR count). The van der Waals surface area contributed by atoms with E-state index in [0.717, 1.165) is 52.0 Å². The molecule has 0 aliphatic carbocycles. The summed E-state index contributed by atoms with van der Waals surface area (Å²) in [7, 11) is 0. The van der Waals surface area contributed by atoms with Gasteiger partial charge in [-0.1, -0.05) is 30.3 Å². The fourth-order valence-electron chi connectivity index (χ4n) is 4.04. The van der Waals surface area contributed by atoms with Crippen molar-refractivity contribution < 1.29 is 0 Å². The molecule has 0 radical (unpaired) electrons. The van der Waals surface area contributed by atoms with Crippen LogP contribution in [0, 0.1) is 0 Å².